The molecule has 0 radical (unpaired) electrons. The minimum atomic E-state index is -0.478. The zero-order valence-corrected chi connectivity index (χ0v) is 13.3. The molecule has 0 N–H and O–H groups in total. The number of hydrogen-bond acceptors (Lipinski definition) is 4. The molecule has 7 heteroatoms. The lowest BCUT2D eigenvalue weighted by Crippen LogP contribution is -2.23. The zero-order valence-electron chi connectivity index (χ0n) is 12.5. The molecule has 0 aliphatic rings. The monoisotopic (exact) mass is 333 g/mol. The molecule has 2 aromatic heterocycles. The van der Waals surface area contributed by atoms with Gasteiger partial charge in [0.1, 0.15) is 11.6 Å². The van der Waals surface area contributed by atoms with Gasteiger partial charge in [0.2, 0.25) is 0 Å². The Balaban J connectivity index is 2.07. The van der Waals surface area contributed by atoms with Crippen LogP contribution in [-0.4, -0.2) is 14.9 Å². The Bertz CT molecular complexity index is 894. The summed E-state index contributed by atoms with van der Waals surface area (Å²) in [4.78, 5) is 12.0. The molecule has 3 rings (SSSR count). The largest absolute Gasteiger partial charge is 0.361 e. The molecule has 23 heavy (non-hydrogen) atoms. The fourth-order valence-electron chi connectivity index (χ4n) is 2.38. The molecule has 0 unspecified atom stereocenters. The Morgan fingerprint density at radius 3 is 2.70 bits per heavy atom. The lowest BCUT2D eigenvalue weighted by molar-refractivity contribution is 0.393. The first-order valence-corrected chi connectivity index (χ1v) is 7.29. The van der Waals surface area contributed by atoms with Crippen LogP contribution >= 0.6 is 11.6 Å². The summed E-state index contributed by atoms with van der Waals surface area (Å²) in [6.07, 6.45) is 0. The van der Waals surface area contributed by atoms with Gasteiger partial charge in [-0.3, -0.25) is 4.79 Å². The third kappa shape index (κ3) is 2.90. The maximum atomic E-state index is 13.9. The van der Waals surface area contributed by atoms with Crippen molar-refractivity contribution in [1.29, 1.82) is 0 Å². The first-order valence-electron chi connectivity index (χ1n) is 6.91. The Hall–Kier alpha value is -2.47. The molecule has 118 valence electrons. The van der Waals surface area contributed by atoms with Crippen LogP contribution < -0.4 is 5.56 Å². The van der Waals surface area contributed by atoms with Crippen molar-refractivity contribution in [2.75, 3.05) is 0 Å². The molecule has 0 amide bonds. The van der Waals surface area contributed by atoms with E-state index in [1.807, 2.05) is 0 Å². The van der Waals surface area contributed by atoms with E-state index in [0.29, 0.717) is 17.1 Å². The van der Waals surface area contributed by atoms with Crippen LogP contribution in [0.15, 0.2) is 39.6 Å². The Morgan fingerprint density at radius 2 is 2.04 bits per heavy atom. The summed E-state index contributed by atoms with van der Waals surface area (Å²) in [5.74, 6) is 0.123. The SMILES string of the molecule is Cc1noc(C)c1-c1ccc(=O)n(Cc2c(F)cccc2Cl)n1. The van der Waals surface area contributed by atoms with Gasteiger partial charge in [-0.1, -0.05) is 22.8 Å². The highest BCUT2D eigenvalue weighted by Crippen LogP contribution is 2.24. The van der Waals surface area contributed by atoms with E-state index < -0.39 is 5.82 Å². The first kappa shape index (κ1) is 15.4. The summed E-state index contributed by atoms with van der Waals surface area (Å²) >= 11 is 6.01. The molecule has 0 fully saturated rings. The summed E-state index contributed by atoms with van der Waals surface area (Å²) in [6.45, 7) is 3.50. The van der Waals surface area contributed by atoms with Crippen molar-refractivity contribution in [3.05, 3.63) is 68.5 Å². The summed E-state index contributed by atoms with van der Waals surface area (Å²) in [7, 11) is 0. The van der Waals surface area contributed by atoms with Gasteiger partial charge in [-0.25, -0.2) is 9.07 Å². The molecule has 0 aliphatic heterocycles. The highest BCUT2D eigenvalue weighted by molar-refractivity contribution is 6.31. The predicted octanol–water partition coefficient (Wildman–Crippen LogP) is 3.36. The van der Waals surface area contributed by atoms with Crippen molar-refractivity contribution in [3.63, 3.8) is 0 Å². The summed E-state index contributed by atoms with van der Waals surface area (Å²) < 4.78 is 20.2. The van der Waals surface area contributed by atoms with E-state index in [0.717, 1.165) is 5.56 Å². The van der Waals surface area contributed by atoms with Gasteiger partial charge in [0.25, 0.3) is 5.56 Å². The highest BCUT2D eigenvalue weighted by atomic mass is 35.5. The van der Waals surface area contributed by atoms with Gasteiger partial charge in [0, 0.05) is 16.7 Å². The van der Waals surface area contributed by atoms with E-state index in [-0.39, 0.29) is 22.7 Å². The topological polar surface area (TPSA) is 60.9 Å². The third-order valence-corrected chi connectivity index (χ3v) is 3.88. The molecule has 0 aliphatic carbocycles. The Labute approximate surface area is 136 Å². The second-order valence-corrected chi connectivity index (χ2v) is 5.52. The minimum absolute atomic E-state index is 0.0540. The molecule has 0 spiro atoms. The van der Waals surface area contributed by atoms with Gasteiger partial charge >= 0.3 is 0 Å². The molecule has 2 heterocycles. The third-order valence-electron chi connectivity index (χ3n) is 3.53. The maximum Gasteiger partial charge on any atom is 0.267 e. The molecule has 0 saturated heterocycles. The summed E-state index contributed by atoms with van der Waals surface area (Å²) in [5, 5.41) is 8.42. The molecular weight excluding hydrogens is 321 g/mol. The summed E-state index contributed by atoms with van der Waals surface area (Å²) in [6, 6.07) is 7.35. The lowest BCUT2D eigenvalue weighted by atomic mass is 10.1. The molecule has 5 nitrogen and oxygen atoms in total. The second kappa shape index (κ2) is 5.96. The van der Waals surface area contributed by atoms with Crippen LogP contribution in [0.25, 0.3) is 11.3 Å². The van der Waals surface area contributed by atoms with E-state index in [1.165, 1.54) is 22.9 Å². The normalized spacial score (nSPS) is 11.0. The fraction of sp³-hybridized carbons (Fsp3) is 0.188. The molecule has 0 saturated carbocycles. The van der Waals surface area contributed by atoms with Gasteiger partial charge in [0.05, 0.1) is 23.5 Å². The highest BCUT2D eigenvalue weighted by Gasteiger charge is 2.15. The van der Waals surface area contributed by atoms with Crippen LogP contribution in [0.4, 0.5) is 4.39 Å². The van der Waals surface area contributed by atoms with Crippen LogP contribution in [0.5, 0.6) is 0 Å². The van der Waals surface area contributed by atoms with Crippen molar-refractivity contribution in [1.82, 2.24) is 14.9 Å². The molecule has 0 bridgehead atoms. The standard InChI is InChI=1S/C16H13ClFN3O2/c1-9-16(10(2)23-20-9)14-6-7-15(22)21(19-14)8-11-12(17)4-3-5-13(11)18/h3-7H,8H2,1-2H3. The van der Waals surface area contributed by atoms with E-state index >= 15 is 0 Å². The maximum absolute atomic E-state index is 13.9. The van der Waals surface area contributed by atoms with E-state index in [9.17, 15) is 9.18 Å². The van der Waals surface area contributed by atoms with Crippen molar-refractivity contribution < 1.29 is 8.91 Å². The van der Waals surface area contributed by atoms with Gasteiger partial charge in [0.15, 0.2) is 0 Å². The quantitative estimate of drug-likeness (QED) is 0.737. The Morgan fingerprint density at radius 1 is 1.26 bits per heavy atom. The van der Waals surface area contributed by atoms with E-state index in [2.05, 4.69) is 10.3 Å². The van der Waals surface area contributed by atoms with Crippen LogP contribution in [0, 0.1) is 19.7 Å². The number of halogens is 2. The van der Waals surface area contributed by atoms with Crippen molar-refractivity contribution in [2.24, 2.45) is 0 Å². The zero-order chi connectivity index (χ0) is 16.6. The number of nitrogens with zero attached hydrogens (tertiary/aromatic N) is 3. The van der Waals surface area contributed by atoms with Gasteiger partial charge in [-0.05, 0) is 32.0 Å². The number of benzene rings is 1. The average molecular weight is 334 g/mol. The fourth-order valence-corrected chi connectivity index (χ4v) is 2.60. The minimum Gasteiger partial charge on any atom is -0.361 e. The molecule has 1 aromatic carbocycles. The van der Waals surface area contributed by atoms with Crippen molar-refractivity contribution in [3.8, 4) is 11.3 Å². The van der Waals surface area contributed by atoms with Crippen LogP contribution in [0.2, 0.25) is 5.02 Å². The summed E-state index contributed by atoms with van der Waals surface area (Å²) in [5.41, 5.74) is 1.80. The van der Waals surface area contributed by atoms with Gasteiger partial charge in [-0.15, -0.1) is 0 Å². The van der Waals surface area contributed by atoms with E-state index in [1.54, 1.807) is 26.0 Å². The molecule has 0 atom stereocenters. The van der Waals surface area contributed by atoms with Crippen molar-refractivity contribution >= 4 is 11.6 Å². The van der Waals surface area contributed by atoms with E-state index in [4.69, 9.17) is 16.1 Å². The van der Waals surface area contributed by atoms with Crippen LogP contribution in [0.1, 0.15) is 17.0 Å². The number of rotatable bonds is 3. The number of aromatic nitrogens is 3. The number of aryl methyl sites for hydroxylation is 2. The average Bonchev–Trinajstić information content (AvgIpc) is 2.84. The first-order chi connectivity index (χ1) is 11.0. The van der Waals surface area contributed by atoms with Gasteiger partial charge in [-0.2, -0.15) is 5.10 Å². The predicted molar refractivity (Wildman–Crippen MR) is 84.0 cm³/mol. The Kier molecular flexibility index (Phi) is 4.00. The second-order valence-electron chi connectivity index (χ2n) is 5.11. The van der Waals surface area contributed by atoms with Crippen LogP contribution in [-0.2, 0) is 6.54 Å². The van der Waals surface area contributed by atoms with Gasteiger partial charge < -0.3 is 4.52 Å². The molecular formula is C16H13ClFN3O2. The molecule has 3 aromatic rings. The lowest BCUT2D eigenvalue weighted by Gasteiger charge is -2.09. The smallest absolute Gasteiger partial charge is 0.267 e. The van der Waals surface area contributed by atoms with Crippen molar-refractivity contribution in [2.45, 2.75) is 20.4 Å². The number of hydrogen-bond donors (Lipinski definition) is 0. The van der Waals surface area contributed by atoms with Crippen LogP contribution in [0.3, 0.4) is 0 Å².